The molecule has 0 radical (unpaired) electrons. The van der Waals surface area contributed by atoms with Crippen molar-refractivity contribution >= 4 is 23.4 Å². The molecule has 7 heteroatoms. The number of carbonyl (C=O) groups excluding carboxylic acids is 3. The molecule has 4 rings (SSSR count). The Bertz CT molecular complexity index is 855. The smallest absolute Gasteiger partial charge is 0.255 e. The molecule has 1 saturated carbocycles. The van der Waals surface area contributed by atoms with Gasteiger partial charge in [-0.1, -0.05) is 25.8 Å². The van der Waals surface area contributed by atoms with Gasteiger partial charge in [0.2, 0.25) is 11.8 Å². The number of imide groups is 1. The summed E-state index contributed by atoms with van der Waals surface area (Å²) in [5, 5.41) is 2.39. The van der Waals surface area contributed by atoms with E-state index in [2.05, 4.69) is 23.2 Å². The number of fused-ring (bicyclic) bond motifs is 1. The fourth-order valence-corrected chi connectivity index (χ4v) is 5.35. The van der Waals surface area contributed by atoms with Gasteiger partial charge in [0.15, 0.2) is 0 Å². The van der Waals surface area contributed by atoms with Crippen LogP contribution in [-0.2, 0) is 16.1 Å². The van der Waals surface area contributed by atoms with E-state index in [4.69, 9.17) is 5.73 Å². The van der Waals surface area contributed by atoms with Crippen LogP contribution < -0.4 is 16.0 Å². The van der Waals surface area contributed by atoms with Crippen molar-refractivity contribution in [1.29, 1.82) is 0 Å². The van der Waals surface area contributed by atoms with Crippen molar-refractivity contribution in [3.8, 4) is 0 Å². The van der Waals surface area contributed by atoms with Crippen LogP contribution in [0.5, 0.6) is 0 Å². The lowest BCUT2D eigenvalue weighted by atomic mass is 9.89. The van der Waals surface area contributed by atoms with Crippen LogP contribution in [0.25, 0.3) is 0 Å². The number of piperidine rings is 1. The number of hydrogen-bond donors (Lipinski definition) is 2. The second kappa shape index (κ2) is 9.39. The minimum atomic E-state index is -0.581. The van der Waals surface area contributed by atoms with Gasteiger partial charge >= 0.3 is 0 Å². The van der Waals surface area contributed by atoms with Gasteiger partial charge in [0.1, 0.15) is 6.04 Å². The first-order valence-corrected chi connectivity index (χ1v) is 11.8. The Morgan fingerprint density at radius 2 is 2.00 bits per heavy atom. The fourth-order valence-electron chi connectivity index (χ4n) is 5.35. The summed E-state index contributed by atoms with van der Waals surface area (Å²) in [4.78, 5) is 41.3. The predicted octanol–water partition coefficient (Wildman–Crippen LogP) is 2.71. The van der Waals surface area contributed by atoms with Crippen molar-refractivity contribution in [3.63, 3.8) is 0 Å². The Kier molecular flexibility index (Phi) is 6.60. The van der Waals surface area contributed by atoms with Gasteiger partial charge < -0.3 is 15.5 Å². The van der Waals surface area contributed by atoms with E-state index in [0.29, 0.717) is 24.6 Å². The first-order chi connectivity index (χ1) is 15.0. The Hall–Kier alpha value is -2.41. The van der Waals surface area contributed by atoms with Crippen molar-refractivity contribution in [3.05, 3.63) is 29.3 Å². The molecule has 3 amide bonds. The Morgan fingerprint density at radius 3 is 2.74 bits per heavy atom. The standard InChI is InChI=1S/C24H34N4O3/c1-2-3-4-13-27(17-8-5-7-16(25)14-17)20-10-6-9-18-19(20)15-28(24(18)31)21-11-12-22(29)26-23(21)30/h6,9-10,16-17,21H,2-5,7-8,11-15,25H2,1H3,(H,26,29,30)/t16-,17-,21?/m0/s1. The molecule has 2 heterocycles. The molecule has 31 heavy (non-hydrogen) atoms. The van der Waals surface area contributed by atoms with Gasteiger partial charge in [-0.25, -0.2) is 0 Å². The summed E-state index contributed by atoms with van der Waals surface area (Å²) in [6, 6.07) is 5.96. The van der Waals surface area contributed by atoms with Crippen LogP contribution in [0.1, 0.15) is 80.6 Å². The number of carbonyl (C=O) groups is 3. The van der Waals surface area contributed by atoms with Crippen LogP contribution in [0.3, 0.4) is 0 Å². The lowest BCUT2D eigenvalue weighted by Gasteiger charge is -2.39. The maximum atomic E-state index is 13.2. The zero-order chi connectivity index (χ0) is 22.0. The zero-order valence-electron chi connectivity index (χ0n) is 18.4. The van der Waals surface area contributed by atoms with E-state index in [9.17, 15) is 14.4 Å². The predicted molar refractivity (Wildman–Crippen MR) is 120 cm³/mol. The van der Waals surface area contributed by atoms with E-state index in [0.717, 1.165) is 56.3 Å². The molecule has 1 aromatic carbocycles. The second-order valence-corrected chi connectivity index (χ2v) is 9.18. The van der Waals surface area contributed by atoms with Crippen LogP contribution >= 0.6 is 0 Å². The maximum Gasteiger partial charge on any atom is 0.255 e. The molecule has 1 aliphatic carbocycles. The van der Waals surface area contributed by atoms with E-state index in [1.807, 2.05) is 12.1 Å². The minimum Gasteiger partial charge on any atom is -0.368 e. The van der Waals surface area contributed by atoms with Crippen LogP contribution in [0, 0.1) is 0 Å². The molecule has 1 aromatic rings. The lowest BCUT2D eigenvalue weighted by Crippen LogP contribution is -2.52. The molecule has 0 spiro atoms. The number of benzene rings is 1. The van der Waals surface area contributed by atoms with Crippen LogP contribution in [-0.4, -0.2) is 47.3 Å². The molecule has 3 atom stereocenters. The number of rotatable bonds is 7. The summed E-state index contributed by atoms with van der Waals surface area (Å²) in [5.74, 6) is -0.737. The summed E-state index contributed by atoms with van der Waals surface area (Å²) in [6.45, 7) is 3.57. The van der Waals surface area contributed by atoms with Crippen molar-refractivity contribution < 1.29 is 14.4 Å². The third-order valence-electron chi connectivity index (χ3n) is 7.00. The van der Waals surface area contributed by atoms with Gasteiger partial charge in [0.25, 0.3) is 5.91 Å². The molecular weight excluding hydrogens is 392 g/mol. The van der Waals surface area contributed by atoms with Crippen molar-refractivity contribution in [2.24, 2.45) is 5.73 Å². The van der Waals surface area contributed by atoms with Crippen molar-refractivity contribution in [2.45, 2.75) is 89.4 Å². The van der Waals surface area contributed by atoms with E-state index < -0.39 is 6.04 Å². The maximum absolute atomic E-state index is 13.2. The van der Waals surface area contributed by atoms with Gasteiger partial charge in [0, 0.05) is 48.4 Å². The summed E-state index contributed by atoms with van der Waals surface area (Å²) in [5.41, 5.74) is 9.11. The molecular formula is C24H34N4O3. The number of hydrogen-bond acceptors (Lipinski definition) is 5. The number of anilines is 1. The normalized spacial score (nSPS) is 26.1. The van der Waals surface area contributed by atoms with Gasteiger partial charge in [-0.05, 0) is 50.7 Å². The highest BCUT2D eigenvalue weighted by Gasteiger charge is 2.40. The number of nitrogens with one attached hydrogen (secondary N) is 1. The first-order valence-electron chi connectivity index (χ1n) is 11.8. The van der Waals surface area contributed by atoms with E-state index >= 15 is 0 Å². The third kappa shape index (κ3) is 4.47. The van der Waals surface area contributed by atoms with Crippen LogP contribution in [0.2, 0.25) is 0 Å². The summed E-state index contributed by atoms with van der Waals surface area (Å²) in [7, 11) is 0. The quantitative estimate of drug-likeness (QED) is 0.516. The average Bonchev–Trinajstić information content (AvgIpc) is 3.08. The second-order valence-electron chi connectivity index (χ2n) is 9.18. The van der Waals surface area contributed by atoms with E-state index in [1.54, 1.807) is 4.90 Å². The topological polar surface area (TPSA) is 95.7 Å². The lowest BCUT2D eigenvalue weighted by molar-refractivity contribution is -0.136. The Labute approximate surface area is 184 Å². The molecule has 3 aliphatic rings. The average molecular weight is 427 g/mol. The van der Waals surface area contributed by atoms with E-state index in [1.165, 1.54) is 6.42 Å². The Morgan fingerprint density at radius 1 is 1.16 bits per heavy atom. The molecule has 7 nitrogen and oxygen atoms in total. The molecule has 0 bridgehead atoms. The van der Waals surface area contributed by atoms with Gasteiger partial charge in [-0.3, -0.25) is 19.7 Å². The molecule has 0 aromatic heterocycles. The molecule has 3 N–H and O–H groups in total. The summed E-state index contributed by atoms with van der Waals surface area (Å²) < 4.78 is 0. The highest BCUT2D eigenvalue weighted by atomic mass is 16.2. The van der Waals surface area contributed by atoms with Crippen molar-refractivity contribution in [1.82, 2.24) is 10.2 Å². The largest absolute Gasteiger partial charge is 0.368 e. The van der Waals surface area contributed by atoms with Crippen LogP contribution in [0.15, 0.2) is 18.2 Å². The number of amides is 3. The SMILES string of the molecule is CCCCCN(c1cccc2c1CN(C1CCC(=O)NC1=O)C2=O)[C@H]1CCC[C@H](N)C1. The van der Waals surface area contributed by atoms with Crippen molar-refractivity contribution in [2.75, 3.05) is 11.4 Å². The highest BCUT2D eigenvalue weighted by Crippen LogP contribution is 2.37. The minimum absolute atomic E-state index is 0.111. The fraction of sp³-hybridized carbons (Fsp3) is 0.625. The number of nitrogens with two attached hydrogens (primary N) is 1. The van der Waals surface area contributed by atoms with Gasteiger partial charge in [0.05, 0.1) is 0 Å². The first kappa shape index (κ1) is 21.8. The third-order valence-corrected chi connectivity index (χ3v) is 7.00. The molecule has 2 aliphatic heterocycles. The molecule has 1 unspecified atom stereocenters. The Balaban J connectivity index is 1.62. The number of nitrogens with zero attached hydrogens (tertiary/aromatic N) is 2. The zero-order valence-corrected chi connectivity index (χ0v) is 18.4. The van der Waals surface area contributed by atoms with Gasteiger partial charge in [-0.2, -0.15) is 0 Å². The molecule has 2 fully saturated rings. The highest BCUT2D eigenvalue weighted by molar-refractivity contribution is 6.06. The van der Waals surface area contributed by atoms with Crippen LogP contribution in [0.4, 0.5) is 5.69 Å². The molecule has 1 saturated heterocycles. The molecule has 168 valence electrons. The van der Waals surface area contributed by atoms with Gasteiger partial charge in [-0.15, -0.1) is 0 Å². The monoisotopic (exact) mass is 426 g/mol. The number of unbranched alkanes of at least 4 members (excludes halogenated alkanes) is 2. The van der Waals surface area contributed by atoms with E-state index in [-0.39, 0.29) is 30.2 Å². The summed E-state index contributed by atoms with van der Waals surface area (Å²) >= 11 is 0. The summed E-state index contributed by atoms with van der Waals surface area (Å²) in [6.07, 6.45) is 8.40.